The van der Waals surface area contributed by atoms with Crippen LogP contribution in [0.5, 0.6) is 5.75 Å². The van der Waals surface area contributed by atoms with Gasteiger partial charge in [-0.05, 0) is 42.4 Å². The molecule has 1 aromatic rings. The second-order valence-electron chi connectivity index (χ2n) is 6.61. The van der Waals surface area contributed by atoms with Gasteiger partial charge in [-0.1, -0.05) is 26.0 Å². The van der Waals surface area contributed by atoms with Crippen molar-refractivity contribution in [1.82, 2.24) is 10.2 Å². The molecule has 0 aromatic heterocycles. The number of phenolic OH excluding ortho intramolecular Hbond substituents is 1. The molecule has 5 heteroatoms. The van der Waals surface area contributed by atoms with Gasteiger partial charge in [-0.25, -0.2) is 0 Å². The van der Waals surface area contributed by atoms with Crippen LogP contribution in [-0.4, -0.2) is 41.0 Å². The highest BCUT2D eigenvalue weighted by atomic mass is 16.3. The number of hydrogen-bond acceptors (Lipinski definition) is 3. The first-order valence-electron chi connectivity index (χ1n) is 8.23. The zero-order valence-electron chi connectivity index (χ0n) is 14.1. The van der Waals surface area contributed by atoms with Crippen LogP contribution in [0, 0.1) is 5.92 Å². The smallest absolute Gasteiger partial charge is 0.245 e. The highest BCUT2D eigenvalue weighted by Gasteiger charge is 2.30. The van der Waals surface area contributed by atoms with Gasteiger partial charge in [-0.15, -0.1) is 0 Å². The van der Waals surface area contributed by atoms with Crippen molar-refractivity contribution in [1.29, 1.82) is 0 Å². The van der Waals surface area contributed by atoms with Gasteiger partial charge in [-0.2, -0.15) is 0 Å². The average Bonchev–Trinajstić information content (AvgIpc) is 2.52. The van der Waals surface area contributed by atoms with E-state index in [9.17, 15) is 14.7 Å². The number of hydrogen-bond donors (Lipinski definition) is 2. The van der Waals surface area contributed by atoms with Crippen LogP contribution in [0.25, 0.3) is 0 Å². The Balaban J connectivity index is 1.96. The van der Waals surface area contributed by atoms with Crippen molar-refractivity contribution >= 4 is 11.8 Å². The van der Waals surface area contributed by atoms with Crippen LogP contribution in [0.15, 0.2) is 24.3 Å². The number of carbonyl (C=O) groups excluding carboxylic acids is 2. The molecule has 1 fully saturated rings. The normalized spacial score (nSPS) is 17.1. The Bertz CT molecular complexity index is 546. The molecule has 1 aromatic carbocycles. The first-order valence-corrected chi connectivity index (χ1v) is 8.23. The monoisotopic (exact) mass is 318 g/mol. The second kappa shape index (κ2) is 7.49. The Hall–Kier alpha value is -2.04. The van der Waals surface area contributed by atoms with Crippen LogP contribution in [-0.2, 0) is 9.59 Å². The number of carbonyl (C=O) groups is 2. The number of phenols is 1. The fourth-order valence-electron chi connectivity index (χ4n) is 3.11. The molecular weight excluding hydrogens is 292 g/mol. The van der Waals surface area contributed by atoms with Gasteiger partial charge in [0.15, 0.2) is 0 Å². The molecule has 1 saturated heterocycles. The number of aromatic hydroxyl groups is 1. The van der Waals surface area contributed by atoms with Crippen LogP contribution in [0.1, 0.15) is 45.1 Å². The Kier molecular flexibility index (Phi) is 5.64. The van der Waals surface area contributed by atoms with E-state index in [0.717, 1.165) is 12.8 Å². The molecule has 5 nitrogen and oxygen atoms in total. The zero-order chi connectivity index (χ0) is 17.0. The number of likely N-dealkylation sites (tertiary alicyclic amines) is 1. The molecule has 0 radical (unpaired) electrons. The van der Waals surface area contributed by atoms with Crippen LogP contribution in [0.3, 0.4) is 0 Å². The van der Waals surface area contributed by atoms with Gasteiger partial charge in [0.05, 0.1) is 0 Å². The molecule has 23 heavy (non-hydrogen) atoms. The van der Waals surface area contributed by atoms with E-state index >= 15 is 0 Å². The lowest BCUT2D eigenvalue weighted by Crippen LogP contribution is -2.52. The Labute approximate surface area is 137 Å². The highest BCUT2D eigenvalue weighted by molar-refractivity contribution is 5.87. The molecule has 0 spiro atoms. The van der Waals surface area contributed by atoms with Crippen molar-refractivity contribution in [3.8, 4) is 5.75 Å². The van der Waals surface area contributed by atoms with Crippen molar-refractivity contribution in [2.24, 2.45) is 5.92 Å². The third kappa shape index (κ3) is 4.47. The summed E-state index contributed by atoms with van der Waals surface area (Å²) < 4.78 is 0. The molecule has 1 heterocycles. The minimum atomic E-state index is -0.447. The van der Waals surface area contributed by atoms with Crippen molar-refractivity contribution in [3.63, 3.8) is 0 Å². The molecule has 126 valence electrons. The maximum atomic E-state index is 12.6. The Morgan fingerprint density at radius 1 is 1.17 bits per heavy atom. The van der Waals surface area contributed by atoms with Crippen molar-refractivity contribution in [3.05, 3.63) is 29.8 Å². The summed E-state index contributed by atoms with van der Waals surface area (Å²) in [5.74, 6) is 0.603. The van der Waals surface area contributed by atoms with Gasteiger partial charge < -0.3 is 15.3 Å². The number of piperidine rings is 1. The third-order valence-electron chi connectivity index (χ3n) is 4.46. The lowest BCUT2D eigenvalue weighted by Gasteiger charge is -2.35. The SMILES string of the molecule is CC(=O)NC(C(=O)N1CCC(c2ccc(O)cc2)CC1)C(C)C. The molecule has 0 aliphatic carbocycles. The van der Waals surface area contributed by atoms with E-state index < -0.39 is 6.04 Å². The molecule has 1 atom stereocenters. The van der Waals surface area contributed by atoms with Gasteiger partial charge in [0.25, 0.3) is 0 Å². The van der Waals surface area contributed by atoms with Crippen LogP contribution < -0.4 is 5.32 Å². The van der Waals surface area contributed by atoms with Crippen molar-refractivity contribution in [2.45, 2.75) is 45.6 Å². The minimum Gasteiger partial charge on any atom is -0.508 e. The third-order valence-corrected chi connectivity index (χ3v) is 4.46. The van der Waals surface area contributed by atoms with Gasteiger partial charge >= 0.3 is 0 Å². The van der Waals surface area contributed by atoms with E-state index in [4.69, 9.17) is 0 Å². The predicted molar refractivity (Wildman–Crippen MR) is 89.1 cm³/mol. The largest absolute Gasteiger partial charge is 0.508 e. The number of nitrogens with zero attached hydrogens (tertiary/aromatic N) is 1. The van der Waals surface area contributed by atoms with E-state index in [2.05, 4.69) is 5.32 Å². The number of nitrogens with one attached hydrogen (secondary N) is 1. The van der Waals surface area contributed by atoms with Crippen LogP contribution >= 0.6 is 0 Å². The molecule has 0 bridgehead atoms. The first kappa shape index (κ1) is 17.3. The number of rotatable bonds is 4. The molecule has 2 rings (SSSR count). The molecule has 1 unspecified atom stereocenters. The van der Waals surface area contributed by atoms with Crippen LogP contribution in [0.4, 0.5) is 0 Å². The van der Waals surface area contributed by atoms with Crippen molar-refractivity contribution in [2.75, 3.05) is 13.1 Å². The number of amides is 2. The second-order valence-corrected chi connectivity index (χ2v) is 6.61. The van der Waals surface area contributed by atoms with E-state index in [0.29, 0.717) is 19.0 Å². The summed E-state index contributed by atoms with van der Waals surface area (Å²) in [4.78, 5) is 25.8. The quantitative estimate of drug-likeness (QED) is 0.894. The average molecular weight is 318 g/mol. The summed E-state index contributed by atoms with van der Waals surface area (Å²) in [6.45, 7) is 6.74. The Morgan fingerprint density at radius 2 is 1.74 bits per heavy atom. The molecular formula is C18H26N2O3. The van der Waals surface area contributed by atoms with Gasteiger partial charge in [0.2, 0.25) is 11.8 Å². The molecule has 0 saturated carbocycles. The molecule has 2 amide bonds. The summed E-state index contributed by atoms with van der Waals surface area (Å²) in [5, 5.41) is 12.1. The molecule has 2 N–H and O–H groups in total. The number of benzene rings is 1. The highest BCUT2D eigenvalue weighted by Crippen LogP contribution is 2.29. The maximum absolute atomic E-state index is 12.6. The lowest BCUT2D eigenvalue weighted by atomic mass is 9.89. The first-order chi connectivity index (χ1) is 10.9. The standard InChI is InChI=1S/C18H26N2O3/c1-12(2)17(19-13(3)21)18(23)20-10-8-15(9-11-20)14-4-6-16(22)7-5-14/h4-7,12,15,17,22H,8-11H2,1-3H3,(H,19,21). The fourth-order valence-corrected chi connectivity index (χ4v) is 3.11. The maximum Gasteiger partial charge on any atom is 0.245 e. The summed E-state index contributed by atoms with van der Waals surface area (Å²) >= 11 is 0. The van der Waals surface area contributed by atoms with Crippen LogP contribution in [0.2, 0.25) is 0 Å². The summed E-state index contributed by atoms with van der Waals surface area (Å²) in [5.41, 5.74) is 1.21. The summed E-state index contributed by atoms with van der Waals surface area (Å²) in [6.07, 6.45) is 1.81. The van der Waals surface area contributed by atoms with Gasteiger partial charge in [0.1, 0.15) is 11.8 Å². The van der Waals surface area contributed by atoms with E-state index in [1.807, 2.05) is 30.9 Å². The fraction of sp³-hybridized carbons (Fsp3) is 0.556. The zero-order valence-corrected chi connectivity index (χ0v) is 14.1. The summed E-state index contributed by atoms with van der Waals surface area (Å²) in [7, 11) is 0. The molecule has 1 aliphatic rings. The summed E-state index contributed by atoms with van der Waals surface area (Å²) in [6, 6.07) is 6.87. The topological polar surface area (TPSA) is 69.6 Å². The van der Waals surface area contributed by atoms with E-state index in [1.165, 1.54) is 12.5 Å². The van der Waals surface area contributed by atoms with E-state index in [-0.39, 0.29) is 23.5 Å². The van der Waals surface area contributed by atoms with Gasteiger partial charge in [-0.3, -0.25) is 9.59 Å². The predicted octanol–water partition coefficient (Wildman–Crippen LogP) is 2.26. The minimum absolute atomic E-state index is 0.0133. The van der Waals surface area contributed by atoms with E-state index in [1.54, 1.807) is 12.1 Å². The Morgan fingerprint density at radius 3 is 2.22 bits per heavy atom. The lowest BCUT2D eigenvalue weighted by molar-refractivity contribution is -0.138. The van der Waals surface area contributed by atoms with Crippen molar-refractivity contribution < 1.29 is 14.7 Å². The van der Waals surface area contributed by atoms with Gasteiger partial charge in [0, 0.05) is 20.0 Å². The molecule has 1 aliphatic heterocycles.